The fourth-order valence-electron chi connectivity index (χ4n) is 1.88. The van der Waals surface area contributed by atoms with E-state index in [-0.39, 0.29) is 0 Å². The third kappa shape index (κ3) is 1.62. The first-order chi connectivity index (χ1) is 6.68. The highest BCUT2D eigenvalue weighted by Gasteiger charge is 2.18. The highest BCUT2D eigenvalue weighted by Crippen LogP contribution is 2.22. The van der Waals surface area contributed by atoms with Gasteiger partial charge in [-0.2, -0.15) is 5.10 Å². The lowest BCUT2D eigenvalue weighted by molar-refractivity contribution is 0.632. The lowest BCUT2D eigenvalue weighted by Crippen LogP contribution is -2.24. The first kappa shape index (κ1) is 9.52. The second-order valence-corrected chi connectivity index (χ2v) is 4.12. The Labute approximate surface area is 84.7 Å². The van der Waals surface area contributed by atoms with Gasteiger partial charge in [-0.25, -0.2) is 0 Å². The molecule has 0 aromatic carbocycles. The van der Waals surface area contributed by atoms with Gasteiger partial charge in [0.1, 0.15) is 5.82 Å². The van der Waals surface area contributed by atoms with Gasteiger partial charge in [-0.15, -0.1) is 0 Å². The van der Waals surface area contributed by atoms with Crippen LogP contribution in [0.1, 0.15) is 25.1 Å². The maximum Gasteiger partial charge on any atom is 0.128 e. The summed E-state index contributed by atoms with van der Waals surface area (Å²) in [6.07, 6.45) is 1.04. The molecule has 0 bridgehead atoms. The van der Waals surface area contributed by atoms with E-state index in [1.54, 1.807) is 0 Å². The van der Waals surface area contributed by atoms with Crippen molar-refractivity contribution >= 4 is 5.82 Å². The molecule has 0 amide bonds. The van der Waals surface area contributed by atoms with E-state index in [1.807, 2.05) is 11.7 Å². The number of nitrogens with one attached hydrogen (secondary N) is 2. The van der Waals surface area contributed by atoms with E-state index in [9.17, 15) is 0 Å². The maximum absolute atomic E-state index is 4.52. The van der Waals surface area contributed by atoms with Crippen molar-refractivity contribution < 1.29 is 0 Å². The Bertz CT molecular complexity index is 327. The van der Waals surface area contributed by atoms with E-state index >= 15 is 0 Å². The van der Waals surface area contributed by atoms with Gasteiger partial charge in [-0.1, -0.05) is 0 Å². The smallest absolute Gasteiger partial charge is 0.128 e. The summed E-state index contributed by atoms with van der Waals surface area (Å²) in [5.74, 6) is 1.17. The van der Waals surface area contributed by atoms with Gasteiger partial charge in [0, 0.05) is 38.2 Å². The van der Waals surface area contributed by atoms with Crippen molar-refractivity contribution in [2.45, 2.75) is 32.9 Å². The standard InChI is InChI=1S/C10H18N4/c1-7(2)12-10-8-6-11-5-4-9(8)13-14(10)3/h7,11-12H,4-6H2,1-3H3. The van der Waals surface area contributed by atoms with Gasteiger partial charge >= 0.3 is 0 Å². The van der Waals surface area contributed by atoms with Crippen LogP contribution in [-0.4, -0.2) is 22.4 Å². The fourth-order valence-corrected chi connectivity index (χ4v) is 1.88. The molecule has 2 N–H and O–H groups in total. The number of anilines is 1. The quantitative estimate of drug-likeness (QED) is 0.734. The summed E-state index contributed by atoms with van der Waals surface area (Å²) in [6.45, 7) is 6.29. The summed E-state index contributed by atoms with van der Waals surface area (Å²) in [4.78, 5) is 0. The average Bonchev–Trinajstić information content (AvgIpc) is 2.43. The summed E-state index contributed by atoms with van der Waals surface area (Å²) in [5.41, 5.74) is 2.59. The van der Waals surface area contributed by atoms with Gasteiger partial charge < -0.3 is 10.6 Å². The van der Waals surface area contributed by atoms with Gasteiger partial charge in [0.2, 0.25) is 0 Å². The van der Waals surface area contributed by atoms with Crippen molar-refractivity contribution in [3.63, 3.8) is 0 Å². The lowest BCUT2D eigenvalue weighted by atomic mass is 10.1. The third-order valence-corrected chi connectivity index (χ3v) is 2.49. The maximum atomic E-state index is 4.52. The van der Waals surface area contributed by atoms with Gasteiger partial charge in [0.05, 0.1) is 5.69 Å². The van der Waals surface area contributed by atoms with Crippen LogP contribution in [0.5, 0.6) is 0 Å². The van der Waals surface area contributed by atoms with Crippen LogP contribution in [-0.2, 0) is 20.0 Å². The molecule has 0 unspecified atom stereocenters. The number of aromatic nitrogens is 2. The van der Waals surface area contributed by atoms with E-state index in [0.29, 0.717) is 6.04 Å². The Kier molecular flexibility index (Phi) is 2.46. The summed E-state index contributed by atoms with van der Waals surface area (Å²) in [7, 11) is 2.00. The van der Waals surface area contributed by atoms with Crippen molar-refractivity contribution in [2.75, 3.05) is 11.9 Å². The van der Waals surface area contributed by atoms with Crippen LogP contribution in [0.3, 0.4) is 0 Å². The number of nitrogens with zero attached hydrogens (tertiary/aromatic N) is 2. The molecular formula is C10H18N4. The molecule has 0 saturated heterocycles. The molecule has 0 aliphatic carbocycles. The molecule has 4 nitrogen and oxygen atoms in total. The molecule has 78 valence electrons. The van der Waals surface area contributed by atoms with E-state index in [2.05, 4.69) is 29.6 Å². The van der Waals surface area contributed by atoms with Crippen LogP contribution in [0.25, 0.3) is 0 Å². The van der Waals surface area contributed by atoms with Crippen LogP contribution in [0, 0.1) is 0 Å². The molecule has 0 spiro atoms. The number of hydrogen-bond donors (Lipinski definition) is 2. The molecule has 4 heteroatoms. The van der Waals surface area contributed by atoms with Crippen LogP contribution in [0.15, 0.2) is 0 Å². The minimum atomic E-state index is 0.455. The molecule has 0 fully saturated rings. The number of aryl methyl sites for hydroxylation is 1. The average molecular weight is 194 g/mol. The van der Waals surface area contributed by atoms with Crippen molar-refractivity contribution in [1.29, 1.82) is 0 Å². The topological polar surface area (TPSA) is 41.9 Å². The molecule has 1 aromatic rings. The van der Waals surface area contributed by atoms with Crippen LogP contribution >= 0.6 is 0 Å². The Balaban J connectivity index is 2.33. The van der Waals surface area contributed by atoms with Crippen molar-refractivity contribution in [1.82, 2.24) is 15.1 Å². The lowest BCUT2D eigenvalue weighted by Gasteiger charge is -2.15. The number of rotatable bonds is 2. The first-order valence-electron chi connectivity index (χ1n) is 5.20. The van der Waals surface area contributed by atoms with Crippen molar-refractivity contribution in [3.05, 3.63) is 11.3 Å². The third-order valence-electron chi connectivity index (χ3n) is 2.49. The van der Waals surface area contributed by atoms with Crippen LogP contribution in [0.2, 0.25) is 0 Å². The normalized spacial score (nSPS) is 15.7. The Morgan fingerprint density at radius 2 is 2.29 bits per heavy atom. The fraction of sp³-hybridized carbons (Fsp3) is 0.700. The zero-order chi connectivity index (χ0) is 10.1. The Hall–Kier alpha value is -1.03. The van der Waals surface area contributed by atoms with Crippen molar-refractivity contribution in [3.8, 4) is 0 Å². The van der Waals surface area contributed by atoms with Gasteiger partial charge in [0.15, 0.2) is 0 Å². The molecule has 0 radical (unpaired) electrons. The summed E-state index contributed by atoms with van der Waals surface area (Å²) >= 11 is 0. The van der Waals surface area contributed by atoms with Crippen LogP contribution in [0.4, 0.5) is 5.82 Å². The number of hydrogen-bond acceptors (Lipinski definition) is 3. The molecule has 0 atom stereocenters. The molecule has 1 aliphatic rings. The zero-order valence-corrected chi connectivity index (χ0v) is 9.09. The van der Waals surface area contributed by atoms with Crippen molar-refractivity contribution in [2.24, 2.45) is 7.05 Å². The molecular weight excluding hydrogens is 176 g/mol. The second-order valence-electron chi connectivity index (χ2n) is 4.12. The number of fused-ring (bicyclic) bond motifs is 1. The van der Waals surface area contributed by atoms with E-state index in [0.717, 1.165) is 19.5 Å². The molecule has 2 heterocycles. The summed E-state index contributed by atoms with van der Waals surface area (Å²) in [5, 5.41) is 11.3. The monoisotopic (exact) mass is 194 g/mol. The highest BCUT2D eigenvalue weighted by atomic mass is 15.3. The van der Waals surface area contributed by atoms with E-state index < -0.39 is 0 Å². The largest absolute Gasteiger partial charge is 0.368 e. The SMILES string of the molecule is CC(C)Nc1c2c(nn1C)CCNC2. The molecule has 1 aromatic heterocycles. The summed E-state index contributed by atoms with van der Waals surface area (Å²) in [6, 6.07) is 0.455. The summed E-state index contributed by atoms with van der Waals surface area (Å²) < 4.78 is 1.96. The van der Waals surface area contributed by atoms with Gasteiger partial charge in [-0.3, -0.25) is 4.68 Å². The Morgan fingerprint density at radius 3 is 3.00 bits per heavy atom. The van der Waals surface area contributed by atoms with Crippen LogP contribution < -0.4 is 10.6 Å². The predicted octanol–water partition coefficient (Wildman–Crippen LogP) is 0.886. The predicted molar refractivity (Wildman–Crippen MR) is 57.4 cm³/mol. The molecule has 14 heavy (non-hydrogen) atoms. The zero-order valence-electron chi connectivity index (χ0n) is 9.09. The van der Waals surface area contributed by atoms with E-state index in [4.69, 9.17) is 0 Å². The van der Waals surface area contributed by atoms with Gasteiger partial charge in [0.25, 0.3) is 0 Å². The minimum Gasteiger partial charge on any atom is -0.368 e. The molecule has 1 aliphatic heterocycles. The van der Waals surface area contributed by atoms with Gasteiger partial charge in [-0.05, 0) is 13.8 Å². The molecule has 0 saturated carbocycles. The second kappa shape index (κ2) is 3.61. The minimum absolute atomic E-state index is 0.455. The Morgan fingerprint density at radius 1 is 1.50 bits per heavy atom. The molecule has 2 rings (SSSR count). The van der Waals surface area contributed by atoms with E-state index in [1.165, 1.54) is 17.1 Å². The highest BCUT2D eigenvalue weighted by molar-refractivity contribution is 5.49. The first-order valence-corrected chi connectivity index (χ1v) is 5.20.